The second-order valence-electron chi connectivity index (χ2n) is 11.9. The summed E-state index contributed by atoms with van der Waals surface area (Å²) in [6, 6.07) is 17.1. The summed E-state index contributed by atoms with van der Waals surface area (Å²) in [6.07, 6.45) is 3.18. The number of rotatable bonds is 6. The zero-order valence-corrected chi connectivity index (χ0v) is 25.8. The number of anilines is 2. The predicted molar refractivity (Wildman–Crippen MR) is 165 cm³/mol. The van der Waals surface area contributed by atoms with Gasteiger partial charge in [0.25, 0.3) is 5.91 Å². The van der Waals surface area contributed by atoms with Gasteiger partial charge in [-0.3, -0.25) is 4.79 Å². The summed E-state index contributed by atoms with van der Waals surface area (Å²) in [5, 5.41) is -0.126. The summed E-state index contributed by atoms with van der Waals surface area (Å²) in [6.45, 7) is 1.65. The molecule has 0 radical (unpaired) electrons. The second-order valence-corrected chi connectivity index (χ2v) is 14.2. The minimum absolute atomic E-state index is 0.0634. The SMILES string of the molecule is CN(C)c1ccc(S(=O)(=O)N2CCC(c3ccccc3)CC2)cc1N1C2CCC1CN(C(=O)c1cc(F)c(F)cc1Cl)C2. The van der Waals surface area contributed by atoms with Crippen LogP contribution >= 0.6 is 11.6 Å². The highest BCUT2D eigenvalue weighted by Crippen LogP contribution is 2.42. The van der Waals surface area contributed by atoms with Gasteiger partial charge in [0.1, 0.15) is 0 Å². The molecule has 43 heavy (non-hydrogen) atoms. The molecule has 2 unspecified atom stereocenters. The van der Waals surface area contributed by atoms with E-state index in [1.807, 2.05) is 43.3 Å². The maximum atomic E-state index is 14.0. The quantitative estimate of drug-likeness (QED) is 0.326. The van der Waals surface area contributed by atoms with Crippen molar-refractivity contribution in [2.24, 2.45) is 0 Å². The molecule has 3 aliphatic rings. The van der Waals surface area contributed by atoms with E-state index in [-0.39, 0.29) is 27.6 Å². The lowest BCUT2D eigenvalue weighted by Crippen LogP contribution is -2.55. The Balaban J connectivity index is 1.24. The molecule has 0 N–H and O–H groups in total. The number of halogens is 3. The lowest BCUT2D eigenvalue weighted by Gasteiger charge is -2.44. The first-order chi connectivity index (χ1) is 20.5. The number of amides is 1. The predicted octanol–water partition coefficient (Wildman–Crippen LogP) is 5.75. The van der Waals surface area contributed by atoms with Crippen molar-refractivity contribution in [2.75, 3.05) is 50.1 Å². The van der Waals surface area contributed by atoms with E-state index in [4.69, 9.17) is 11.6 Å². The van der Waals surface area contributed by atoms with Gasteiger partial charge < -0.3 is 14.7 Å². The first kappa shape index (κ1) is 29.8. The Kier molecular flexibility index (Phi) is 8.12. The van der Waals surface area contributed by atoms with Crippen molar-refractivity contribution in [2.45, 2.75) is 48.6 Å². The van der Waals surface area contributed by atoms with Gasteiger partial charge in [-0.1, -0.05) is 41.9 Å². The second kappa shape index (κ2) is 11.7. The van der Waals surface area contributed by atoms with Gasteiger partial charge in [0, 0.05) is 52.4 Å². The fourth-order valence-corrected chi connectivity index (χ4v) is 8.59. The number of hydrogen-bond donors (Lipinski definition) is 0. The minimum Gasteiger partial charge on any atom is -0.376 e. The Labute approximate surface area is 256 Å². The largest absolute Gasteiger partial charge is 0.376 e. The Hall–Kier alpha value is -3.21. The summed E-state index contributed by atoms with van der Waals surface area (Å²) >= 11 is 6.12. The Bertz CT molecular complexity index is 1620. The first-order valence-corrected chi connectivity index (χ1v) is 16.4. The fourth-order valence-electron chi connectivity index (χ4n) is 6.87. The number of fused-ring (bicyclic) bond motifs is 2. The van der Waals surface area contributed by atoms with Crippen LogP contribution in [0.4, 0.5) is 20.2 Å². The van der Waals surface area contributed by atoms with E-state index < -0.39 is 27.6 Å². The average molecular weight is 629 g/mol. The molecule has 3 aromatic rings. The van der Waals surface area contributed by atoms with Crippen molar-refractivity contribution in [1.29, 1.82) is 0 Å². The third kappa shape index (κ3) is 5.60. The summed E-state index contributed by atoms with van der Waals surface area (Å²) < 4.78 is 56.9. The van der Waals surface area contributed by atoms with Crippen LogP contribution in [-0.2, 0) is 10.0 Å². The van der Waals surface area contributed by atoms with Crippen LogP contribution in [0.5, 0.6) is 0 Å². The highest BCUT2D eigenvalue weighted by atomic mass is 35.5. The van der Waals surface area contributed by atoms with Gasteiger partial charge in [-0.25, -0.2) is 17.2 Å². The molecular weight excluding hydrogens is 594 g/mol. The number of piperazine rings is 1. The molecule has 0 spiro atoms. The monoisotopic (exact) mass is 628 g/mol. The minimum atomic E-state index is -3.72. The Morgan fingerprint density at radius 1 is 0.884 bits per heavy atom. The molecule has 3 fully saturated rings. The van der Waals surface area contributed by atoms with E-state index in [9.17, 15) is 22.0 Å². The van der Waals surface area contributed by atoms with Gasteiger partial charge in [-0.15, -0.1) is 0 Å². The molecule has 0 aromatic heterocycles. The molecule has 228 valence electrons. The van der Waals surface area contributed by atoms with E-state index in [1.54, 1.807) is 21.3 Å². The number of sulfonamides is 1. The molecule has 2 atom stereocenters. The van der Waals surface area contributed by atoms with Gasteiger partial charge in [0.2, 0.25) is 10.0 Å². The summed E-state index contributed by atoms with van der Waals surface area (Å²) in [7, 11) is 0.134. The van der Waals surface area contributed by atoms with Crippen LogP contribution in [0.1, 0.15) is 47.5 Å². The molecule has 11 heteroatoms. The molecule has 6 rings (SSSR count). The van der Waals surface area contributed by atoms with Crippen LogP contribution < -0.4 is 9.80 Å². The van der Waals surface area contributed by atoms with Crippen LogP contribution in [-0.4, -0.2) is 75.9 Å². The number of benzene rings is 3. The fraction of sp³-hybridized carbons (Fsp3) is 0.406. The molecule has 0 aliphatic carbocycles. The molecule has 0 saturated carbocycles. The standard InChI is InChI=1S/C32H35ClF2N4O3S/c1-36(2)30-11-10-25(43(41,42)38-14-12-22(13-15-38)21-6-4-3-5-7-21)16-31(30)39-23-8-9-24(39)20-37(19-23)32(40)26-17-28(34)29(35)18-27(26)33/h3-7,10-11,16-18,22-24H,8-9,12-15,19-20H2,1-2H3. The average Bonchev–Trinajstić information content (AvgIpc) is 3.27. The van der Waals surface area contributed by atoms with Crippen molar-refractivity contribution in [3.05, 3.63) is 88.4 Å². The van der Waals surface area contributed by atoms with Crippen LogP contribution in [0.15, 0.2) is 65.6 Å². The third-order valence-corrected chi connectivity index (χ3v) is 11.3. The van der Waals surface area contributed by atoms with E-state index in [0.29, 0.717) is 32.1 Å². The van der Waals surface area contributed by atoms with Crippen LogP contribution in [0.2, 0.25) is 5.02 Å². The van der Waals surface area contributed by atoms with E-state index in [1.165, 1.54) is 5.56 Å². The van der Waals surface area contributed by atoms with Crippen molar-refractivity contribution in [1.82, 2.24) is 9.21 Å². The summed E-state index contributed by atoms with van der Waals surface area (Å²) in [4.78, 5) is 19.5. The third-order valence-electron chi connectivity index (χ3n) is 9.08. The lowest BCUT2D eigenvalue weighted by atomic mass is 9.90. The topological polar surface area (TPSA) is 64.2 Å². The number of carbonyl (C=O) groups is 1. The van der Waals surface area contributed by atoms with Gasteiger partial charge in [-0.05, 0) is 67.5 Å². The van der Waals surface area contributed by atoms with Crippen LogP contribution in [0.25, 0.3) is 0 Å². The first-order valence-electron chi connectivity index (χ1n) is 14.6. The molecule has 3 aliphatic heterocycles. The van der Waals surface area contributed by atoms with Gasteiger partial charge in [-0.2, -0.15) is 4.31 Å². The maximum absolute atomic E-state index is 14.0. The molecule has 3 heterocycles. The van der Waals surface area contributed by atoms with Crippen molar-refractivity contribution < 1.29 is 22.0 Å². The number of likely N-dealkylation sites (tertiary alicyclic amines) is 1. The normalized spacial score (nSPS) is 21.3. The molecule has 7 nitrogen and oxygen atoms in total. The summed E-state index contributed by atoms with van der Waals surface area (Å²) in [5.74, 6) is -2.32. The number of carbonyl (C=O) groups excluding carboxylic acids is 1. The number of nitrogens with zero attached hydrogens (tertiary/aromatic N) is 4. The molecule has 3 aromatic carbocycles. The smallest absolute Gasteiger partial charge is 0.255 e. The molecule has 2 bridgehead atoms. The Morgan fingerprint density at radius 3 is 2.14 bits per heavy atom. The number of piperidine rings is 1. The zero-order valence-electron chi connectivity index (χ0n) is 24.2. The van der Waals surface area contributed by atoms with Crippen molar-refractivity contribution >= 4 is 38.9 Å². The van der Waals surface area contributed by atoms with Crippen molar-refractivity contribution in [3.8, 4) is 0 Å². The molecule has 3 saturated heterocycles. The highest BCUT2D eigenvalue weighted by Gasteiger charge is 2.43. The molecule has 1 amide bonds. The summed E-state index contributed by atoms with van der Waals surface area (Å²) in [5.41, 5.74) is 2.89. The van der Waals surface area contributed by atoms with Gasteiger partial charge in [0.05, 0.1) is 26.9 Å². The Morgan fingerprint density at radius 2 is 1.51 bits per heavy atom. The van der Waals surface area contributed by atoms with E-state index in [0.717, 1.165) is 49.2 Å². The lowest BCUT2D eigenvalue weighted by molar-refractivity contribution is 0.0717. The number of hydrogen-bond acceptors (Lipinski definition) is 5. The van der Waals surface area contributed by atoms with Crippen LogP contribution in [0.3, 0.4) is 0 Å². The van der Waals surface area contributed by atoms with Crippen LogP contribution in [0, 0.1) is 11.6 Å². The maximum Gasteiger partial charge on any atom is 0.255 e. The van der Waals surface area contributed by atoms with E-state index >= 15 is 0 Å². The van der Waals surface area contributed by atoms with E-state index in [2.05, 4.69) is 17.0 Å². The van der Waals surface area contributed by atoms with Gasteiger partial charge >= 0.3 is 0 Å². The highest BCUT2D eigenvalue weighted by molar-refractivity contribution is 7.89. The van der Waals surface area contributed by atoms with Crippen molar-refractivity contribution in [3.63, 3.8) is 0 Å². The van der Waals surface area contributed by atoms with Gasteiger partial charge in [0.15, 0.2) is 11.6 Å². The molecular formula is C32H35ClF2N4O3S. The zero-order chi connectivity index (χ0) is 30.5.